The second-order valence-electron chi connectivity index (χ2n) is 9.32. The van der Waals surface area contributed by atoms with Crippen LogP contribution in [0.15, 0.2) is 71.4 Å². The zero-order chi connectivity index (χ0) is 23.2. The van der Waals surface area contributed by atoms with E-state index < -0.39 is 0 Å². The van der Waals surface area contributed by atoms with Gasteiger partial charge in [-0.3, -0.25) is 14.7 Å². The summed E-state index contributed by atoms with van der Waals surface area (Å²) >= 11 is 4.66. The van der Waals surface area contributed by atoms with Crippen LogP contribution in [-0.4, -0.2) is 48.5 Å². The number of para-hydroxylation sites is 1. The number of hydrogen-bond donors (Lipinski definition) is 1. The molecule has 0 N–H and O–H groups in total. The third kappa shape index (κ3) is 6.27. The third-order valence-corrected chi connectivity index (χ3v) is 6.70. The van der Waals surface area contributed by atoms with E-state index in [-0.39, 0.29) is 5.91 Å². The van der Waals surface area contributed by atoms with Crippen molar-refractivity contribution in [3.63, 3.8) is 0 Å². The van der Waals surface area contributed by atoms with E-state index in [1.165, 1.54) is 16.8 Å². The van der Waals surface area contributed by atoms with Gasteiger partial charge in [-0.05, 0) is 61.3 Å². The van der Waals surface area contributed by atoms with E-state index in [1.54, 1.807) is 0 Å². The Bertz CT molecular complexity index is 1010. The van der Waals surface area contributed by atoms with E-state index in [0.717, 1.165) is 49.6 Å². The largest absolute Gasteiger partial charge is 0.371 e. The summed E-state index contributed by atoms with van der Waals surface area (Å²) in [5.41, 5.74) is 4.75. The number of rotatable bonds is 6. The molecular weight excluding hydrogens is 428 g/mol. The number of fused-ring (bicyclic) bond motifs is 1. The van der Waals surface area contributed by atoms with Crippen molar-refractivity contribution in [2.24, 2.45) is 5.92 Å². The molecule has 1 aromatic heterocycles. The monoisotopic (exact) mass is 462 g/mol. The first kappa shape index (κ1) is 23.6. The van der Waals surface area contributed by atoms with Crippen molar-refractivity contribution in [2.45, 2.75) is 33.2 Å². The molecule has 4 rings (SSSR count). The van der Waals surface area contributed by atoms with Crippen LogP contribution in [0.1, 0.15) is 32.3 Å². The van der Waals surface area contributed by atoms with Gasteiger partial charge in [-0.25, -0.2) is 0 Å². The molecule has 1 fully saturated rings. The first-order valence-electron chi connectivity index (χ1n) is 11.8. The van der Waals surface area contributed by atoms with Crippen molar-refractivity contribution in [3.8, 4) is 0 Å². The maximum Gasteiger partial charge on any atom is 0.241 e. The highest BCUT2D eigenvalue weighted by Gasteiger charge is 2.29. The first-order chi connectivity index (χ1) is 16.0. The highest BCUT2D eigenvalue weighted by molar-refractivity contribution is 7.84. The molecule has 0 bridgehead atoms. The molecule has 0 atom stereocenters. The Morgan fingerprint density at radius 2 is 1.79 bits per heavy atom. The molecule has 6 heteroatoms. The zero-order valence-electron chi connectivity index (χ0n) is 19.7. The van der Waals surface area contributed by atoms with Gasteiger partial charge in [0.25, 0.3) is 0 Å². The van der Waals surface area contributed by atoms with E-state index in [4.69, 9.17) is 0 Å². The lowest BCUT2D eigenvalue weighted by Crippen LogP contribution is -2.43. The van der Waals surface area contributed by atoms with Gasteiger partial charge in [0.05, 0.1) is 6.54 Å². The predicted molar refractivity (Wildman–Crippen MR) is 140 cm³/mol. The lowest BCUT2D eigenvalue weighted by molar-refractivity contribution is -0.119. The molecule has 1 aromatic carbocycles. The van der Waals surface area contributed by atoms with Gasteiger partial charge in [-0.2, -0.15) is 0 Å². The number of piperidine rings is 1. The van der Waals surface area contributed by atoms with Crippen LogP contribution in [0.2, 0.25) is 0 Å². The molecule has 1 saturated heterocycles. The molecule has 0 saturated carbocycles. The van der Waals surface area contributed by atoms with E-state index >= 15 is 0 Å². The van der Waals surface area contributed by atoms with Gasteiger partial charge < -0.3 is 9.80 Å². The number of benzene rings is 1. The number of thiol groups is 1. The Hall–Kier alpha value is -2.57. The molecule has 5 nitrogen and oxygen atoms in total. The van der Waals surface area contributed by atoms with Gasteiger partial charge in [0.15, 0.2) is 0 Å². The summed E-state index contributed by atoms with van der Waals surface area (Å²) in [5.74, 6) is 0.685. The molecule has 2 aliphatic heterocycles. The normalized spacial score (nSPS) is 18.2. The Kier molecular flexibility index (Phi) is 7.89. The minimum Gasteiger partial charge on any atom is -0.371 e. The number of carbonyl (C=O) groups is 1. The van der Waals surface area contributed by atoms with E-state index in [2.05, 4.69) is 77.7 Å². The third-order valence-electron chi connectivity index (χ3n) is 6.41. The maximum absolute atomic E-state index is 13.4. The summed E-state index contributed by atoms with van der Waals surface area (Å²) in [4.78, 5) is 25.2. The Morgan fingerprint density at radius 1 is 1.06 bits per heavy atom. The Balaban J connectivity index is 1.44. The Labute approximate surface area is 203 Å². The smallest absolute Gasteiger partial charge is 0.241 e. The molecular formula is C27H34N4OS. The highest BCUT2D eigenvalue weighted by Crippen LogP contribution is 2.30. The van der Waals surface area contributed by atoms with Crippen LogP contribution in [0.3, 0.4) is 0 Å². The molecule has 1 amide bonds. The van der Waals surface area contributed by atoms with Crippen molar-refractivity contribution >= 4 is 29.9 Å². The van der Waals surface area contributed by atoms with Gasteiger partial charge >= 0.3 is 0 Å². The molecule has 2 aromatic rings. The van der Waals surface area contributed by atoms with Crippen LogP contribution in [0, 0.1) is 5.92 Å². The van der Waals surface area contributed by atoms with Crippen LogP contribution in [0.25, 0.3) is 0 Å². The average Bonchev–Trinajstić information content (AvgIpc) is 2.95. The summed E-state index contributed by atoms with van der Waals surface area (Å²) < 4.78 is 0. The topological polar surface area (TPSA) is 39.7 Å². The van der Waals surface area contributed by atoms with Crippen LogP contribution in [0.5, 0.6) is 0 Å². The van der Waals surface area contributed by atoms with Crippen LogP contribution in [0.4, 0.5) is 11.4 Å². The van der Waals surface area contributed by atoms with Gasteiger partial charge in [0.1, 0.15) is 0 Å². The SMILES string of the molecule is CC(C)=C/C=C(\S)CN1CC(=O)N(CC2CCN(c3ccncc3)CC2)c2ccccc2C1. The quantitative estimate of drug-likeness (QED) is 0.488. The number of carbonyl (C=O) groups excluding carboxylic acids is 1. The van der Waals surface area contributed by atoms with Crippen LogP contribution < -0.4 is 9.80 Å². The fraction of sp³-hybridized carbons (Fsp3) is 0.407. The van der Waals surface area contributed by atoms with Crippen LogP contribution in [-0.2, 0) is 11.3 Å². The van der Waals surface area contributed by atoms with Gasteiger partial charge in [-0.1, -0.05) is 35.9 Å². The molecule has 2 aliphatic rings. The standard InChI is InChI=1S/C27H34N4OS/c1-21(2)7-8-25(33)19-29-18-23-5-3-4-6-26(23)31(27(32)20-29)17-22-11-15-30(16-12-22)24-9-13-28-14-10-24/h3-10,13-14,22,33H,11-12,15-20H2,1-2H3/b25-8-. The second kappa shape index (κ2) is 11.0. The van der Waals surface area contributed by atoms with E-state index in [0.29, 0.717) is 19.0 Å². The fourth-order valence-corrected chi connectivity index (χ4v) is 4.93. The number of hydrogen-bond acceptors (Lipinski definition) is 5. The fourth-order valence-electron chi connectivity index (χ4n) is 4.66. The van der Waals surface area contributed by atoms with Crippen LogP contribution >= 0.6 is 12.6 Å². The molecule has 174 valence electrons. The van der Waals surface area contributed by atoms with Gasteiger partial charge in [0.2, 0.25) is 5.91 Å². The molecule has 0 radical (unpaired) electrons. The van der Waals surface area contributed by atoms with Crippen molar-refractivity contribution in [3.05, 3.63) is 77.0 Å². The lowest BCUT2D eigenvalue weighted by Gasteiger charge is -2.36. The average molecular weight is 463 g/mol. The number of anilines is 2. The molecule has 0 unspecified atom stereocenters. The summed E-state index contributed by atoms with van der Waals surface area (Å²) in [6, 6.07) is 12.5. The van der Waals surface area contributed by atoms with Crippen molar-refractivity contribution in [2.75, 3.05) is 42.5 Å². The zero-order valence-corrected chi connectivity index (χ0v) is 20.5. The number of nitrogens with zero attached hydrogens (tertiary/aromatic N) is 4. The van der Waals surface area contributed by atoms with Gasteiger partial charge in [-0.15, -0.1) is 12.6 Å². The summed E-state index contributed by atoms with van der Waals surface area (Å²) in [6.07, 6.45) is 9.99. The summed E-state index contributed by atoms with van der Waals surface area (Å²) in [7, 11) is 0. The maximum atomic E-state index is 13.4. The first-order valence-corrected chi connectivity index (χ1v) is 12.2. The predicted octanol–water partition coefficient (Wildman–Crippen LogP) is 4.93. The molecule has 33 heavy (non-hydrogen) atoms. The van der Waals surface area contributed by atoms with Crippen molar-refractivity contribution < 1.29 is 4.79 Å². The number of allylic oxidation sites excluding steroid dienone is 3. The molecule has 3 heterocycles. The van der Waals surface area contributed by atoms with Gasteiger partial charge in [0, 0.05) is 56.5 Å². The summed E-state index contributed by atoms with van der Waals surface area (Å²) in [6.45, 7) is 8.81. The van der Waals surface area contributed by atoms with Crippen molar-refractivity contribution in [1.82, 2.24) is 9.88 Å². The Morgan fingerprint density at radius 3 is 2.52 bits per heavy atom. The number of aromatic nitrogens is 1. The molecule has 0 spiro atoms. The van der Waals surface area contributed by atoms with Crippen molar-refractivity contribution in [1.29, 1.82) is 0 Å². The number of amides is 1. The summed E-state index contributed by atoms with van der Waals surface area (Å²) in [5, 5.41) is 0. The lowest BCUT2D eigenvalue weighted by atomic mass is 9.95. The second-order valence-corrected chi connectivity index (χ2v) is 9.89. The minimum atomic E-state index is 0.180. The molecule has 0 aliphatic carbocycles. The van der Waals surface area contributed by atoms with E-state index in [9.17, 15) is 4.79 Å². The highest BCUT2D eigenvalue weighted by atomic mass is 32.1. The minimum absolute atomic E-state index is 0.180. The number of pyridine rings is 1. The van der Waals surface area contributed by atoms with E-state index in [1.807, 2.05) is 29.4 Å².